The van der Waals surface area contributed by atoms with Gasteiger partial charge in [0.25, 0.3) is 5.91 Å². The van der Waals surface area contributed by atoms with Gasteiger partial charge in [0.15, 0.2) is 0 Å². The van der Waals surface area contributed by atoms with Crippen LogP contribution < -0.4 is 21.6 Å². The first-order valence-corrected chi connectivity index (χ1v) is 14.4. The summed E-state index contributed by atoms with van der Waals surface area (Å²) in [4.78, 5) is 17.4. The fraction of sp³-hybridized carbons (Fsp3) is 0.467. The number of benzene rings is 1. The van der Waals surface area contributed by atoms with Crippen LogP contribution in [0.5, 0.6) is 5.75 Å². The fourth-order valence-electron chi connectivity index (χ4n) is 4.31. The Hall–Kier alpha value is -3.52. The number of carbonyl (C=O) groups excluding carboxylic acids is 1. The molecule has 1 unspecified atom stereocenters. The summed E-state index contributed by atoms with van der Waals surface area (Å²) < 4.78 is 49.0. The second-order valence-electron chi connectivity index (χ2n) is 10.7. The quantitative estimate of drug-likeness (QED) is 0.0897. The molecule has 244 valence electrons. The van der Waals surface area contributed by atoms with Gasteiger partial charge in [-0.05, 0) is 59.6 Å². The lowest BCUT2D eigenvalue weighted by Gasteiger charge is -2.23. The van der Waals surface area contributed by atoms with Crippen molar-refractivity contribution < 1.29 is 22.7 Å². The number of halogens is 4. The van der Waals surface area contributed by atoms with E-state index >= 15 is 0 Å². The molecule has 2 rings (SSSR count). The molecule has 5 N–H and O–H groups in total. The molecule has 1 heterocycles. The second kappa shape index (κ2) is 16.0. The van der Waals surface area contributed by atoms with E-state index in [1.807, 2.05) is 37.7 Å². The van der Waals surface area contributed by atoms with Crippen LogP contribution in [0, 0.1) is 6.92 Å². The number of rotatable bonds is 14. The summed E-state index contributed by atoms with van der Waals surface area (Å²) in [6.07, 6.45) is 1.97. The summed E-state index contributed by atoms with van der Waals surface area (Å²) in [7, 11) is 8.76. The van der Waals surface area contributed by atoms with Gasteiger partial charge in [-0.3, -0.25) is 14.5 Å². The highest BCUT2D eigenvalue weighted by atomic mass is 35.5. The van der Waals surface area contributed by atoms with Crippen molar-refractivity contribution in [3.63, 3.8) is 0 Å². The van der Waals surface area contributed by atoms with Gasteiger partial charge in [0, 0.05) is 55.3 Å². The number of nitrogens with one attached hydrogen (secondary N) is 1. The van der Waals surface area contributed by atoms with Gasteiger partial charge in [-0.1, -0.05) is 13.0 Å². The summed E-state index contributed by atoms with van der Waals surface area (Å²) in [5, 5.41) is 7.35. The van der Waals surface area contributed by atoms with E-state index in [1.54, 1.807) is 38.0 Å². The molecule has 0 saturated heterocycles. The average Bonchev–Trinajstić information content (AvgIpc) is 3.26. The number of hydrogen-bond donors (Lipinski definition) is 3. The Morgan fingerprint density at radius 3 is 2.41 bits per heavy atom. The van der Waals surface area contributed by atoms with E-state index in [4.69, 9.17) is 27.9 Å². The van der Waals surface area contributed by atoms with Crippen LogP contribution in [0.15, 0.2) is 48.0 Å². The van der Waals surface area contributed by atoms with Crippen LogP contribution in [0.1, 0.15) is 42.7 Å². The van der Waals surface area contributed by atoms with Gasteiger partial charge in [-0.2, -0.15) is 18.3 Å². The van der Waals surface area contributed by atoms with E-state index in [1.165, 1.54) is 24.4 Å². The summed E-state index contributed by atoms with van der Waals surface area (Å²) >= 11 is 6.46. The third kappa shape index (κ3) is 10.0. The summed E-state index contributed by atoms with van der Waals surface area (Å²) in [6, 6.07) is 1.91. The van der Waals surface area contributed by atoms with Crippen molar-refractivity contribution in [3.05, 3.63) is 70.3 Å². The van der Waals surface area contributed by atoms with Crippen LogP contribution >= 0.6 is 11.6 Å². The van der Waals surface area contributed by atoms with Gasteiger partial charge in [0.2, 0.25) is 0 Å². The lowest BCUT2D eigenvalue weighted by Crippen LogP contribution is -2.30. The number of aryl methyl sites for hydroxylation is 1. The molecule has 1 amide bonds. The SMILES string of the molecule is CC/C=C(\C=C(/C(C)Cl)N(N)/C=C(\N)c1cnn(C)c1C)C(=O)Nc1cc(C(F)(F)F)cc(CN(C)CCN(C)C)c1OC. The van der Waals surface area contributed by atoms with Crippen LogP contribution in [0.4, 0.5) is 18.9 Å². The number of ether oxygens (including phenoxy) is 1. The Bertz CT molecular complexity index is 1380. The number of alkyl halides is 4. The van der Waals surface area contributed by atoms with Gasteiger partial charge in [-0.25, -0.2) is 5.84 Å². The van der Waals surface area contributed by atoms with Crippen molar-refractivity contribution in [1.82, 2.24) is 24.6 Å². The van der Waals surface area contributed by atoms with E-state index in [9.17, 15) is 18.0 Å². The van der Waals surface area contributed by atoms with Crippen LogP contribution in [0.2, 0.25) is 0 Å². The highest BCUT2D eigenvalue weighted by Crippen LogP contribution is 2.38. The van der Waals surface area contributed by atoms with E-state index in [0.717, 1.165) is 17.8 Å². The smallest absolute Gasteiger partial charge is 0.416 e. The molecular weight excluding hydrogens is 597 g/mol. The first-order chi connectivity index (χ1) is 20.5. The number of allylic oxidation sites excluding steroid dienone is 2. The molecule has 2 aromatic rings. The van der Waals surface area contributed by atoms with Crippen molar-refractivity contribution in [1.29, 1.82) is 0 Å². The monoisotopic (exact) mass is 640 g/mol. The molecule has 1 atom stereocenters. The van der Waals surface area contributed by atoms with Crippen molar-refractivity contribution in [2.75, 3.05) is 46.7 Å². The van der Waals surface area contributed by atoms with Crippen molar-refractivity contribution in [2.45, 2.75) is 45.3 Å². The molecule has 0 saturated carbocycles. The maximum absolute atomic E-state index is 13.9. The maximum atomic E-state index is 13.9. The number of hydrogen-bond acceptors (Lipinski definition) is 8. The average molecular weight is 641 g/mol. The lowest BCUT2D eigenvalue weighted by molar-refractivity contribution is -0.137. The normalized spacial score (nSPS) is 13.9. The van der Waals surface area contributed by atoms with Gasteiger partial charge in [0.1, 0.15) is 5.75 Å². The number of carbonyl (C=O) groups is 1. The number of likely N-dealkylation sites (N-methyl/N-ethyl adjacent to an activating group) is 2. The van der Waals surface area contributed by atoms with Crippen LogP contribution in [0.25, 0.3) is 5.70 Å². The zero-order valence-electron chi connectivity index (χ0n) is 26.6. The molecule has 0 fully saturated rings. The molecule has 1 aromatic heterocycles. The highest BCUT2D eigenvalue weighted by Gasteiger charge is 2.33. The minimum Gasteiger partial charge on any atom is -0.494 e. The lowest BCUT2D eigenvalue weighted by atomic mass is 10.1. The predicted molar refractivity (Wildman–Crippen MR) is 169 cm³/mol. The molecule has 14 heteroatoms. The molecule has 0 bridgehead atoms. The van der Waals surface area contributed by atoms with Crippen molar-refractivity contribution in [2.24, 2.45) is 18.6 Å². The van der Waals surface area contributed by atoms with E-state index in [-0.39, 0.29) is 29.1 Å². The van der Waals surface area contributed by atoms with Gasteiger partial charge in [-0.15, -0.1) is 11.6 Å². The third-order valence-corrected chi connectivity index (χ3v) is 7.06. The first kappa shape index (κ1) is 36.7. The molecular formula is C30H44ClF3N8O2. The summed E-state index contributed by atoms with van der Waals surface area (Å²) in [5.74, 6) is 5.79. The number of nitrogens with zero attached hydrogens (tertiary/aromatic N) is 5. The first-order valence-electron chi connectivity index (χ1n) is 14.0. The fourth-order valence-corrected chi connectivity index (χ4v) is 4.48. The van der Waals surface area contributed by atoms with Crippen LogP contribution in [0.3, 0.4) is 0 Å². The van der Waals surface area contributed by atoms with Gasteiger partial charge < -0.3 is 25.6 Å². The molecule has 0 aliphatic heterocycles. The van der Waals surface area contributed by atoms with E-state index in [0.29, 0.717) is 36.5 Å². The molecule has 0 spiro atoms. The molecule has 0 radical (unpaired) electrons. The topological polar surface area (TPSA) is 118 Å². The van der Waals surface area contributed by atoms with Crippen LogP contribution in [-0.4, -0.2) is 77.2 Å². The third-order valence-electron chi connectivity index (χ3n) is 6.83. The summed E-state index contributed by atoms with van der Waals surface area (Å²) in [5.41, 5.74) is 7.82. The molecule has 0 aliphatic carbocycles. The van der Waals surface area contributed by atoms with Gasteiger partial charge >= 0.3 is 6.18 Å². The number of amides is 1. The Morgan fingerprint density at radius 2 is 1.91 bits per heavy atom. The number of nitrogens with two attached hydrogens (primary N) is 2. The van der Waals surface area contributed by atoms with Crippen molar-refractivity contribution >= 4 is 28.9 Å². The summed E-state index contributed by atoms with van der Waals surface area (Å²) in [6.45, 7) is 6.83. The second-order valence-corrected chi connectivity index (χ2v) is 11.4. The van der Waals surface area contributed by atoms with Crippen LogP contribution in [-0.2, 0) is 24.6 Å². The van der Waals surface area contributed by atoms with Gasteiger partial charge in [0.05, 0.1) is 41.3 Å². The zero-order chi connectivity index (χ0) is 33.4. The van der Waals surface area contributed by atoms with E-state index in [2.05, 4.69) is 10.4 Å². The van der Waals surface area contributed by atoms with E-state index < -0.39 is 23.0 Å². The number of aromatic nitrogens is 2. The molecule has 1 aromatic carbocycles. The molecule has 10 nitrogen and oxygen atoms in total. The zero-order valence-corrected chi connectivity index (χ0v) is 27.3. The Balaban J connectivity index is 2.51. The Labute approximate surface area is 262 Å². The molecule has 0 aliphatic rings. The minimum absolute atomic E-state index is 0.111. The number of hydrazine groups is 1. The Kier molecular flexibility index (Phi) is 13.3. The van der Waals surface area contributed by atoms with Crippen molar-refractivity contribution in [3.8, 4) is 5.75 Å². The minimum atomic E-state index is -4.65. The predicted octanol–water partition coefficient (Wildman–Crippen LogP) is 4.67. The Morgan fingerprint density at radius 1 is 1.25 bits per heavy atom. The maximum Gasteiger partial charge on any atom is 0.416 e. The largest absolute Gasteiger partial charge is 0.494 e. The highest BCUT2D eigenvalue weighted by molar-refractivity contribution is 6.22. The number of anilines is 1. The molecule has 44 heavy (non-hydrogen) atoms. The standard InChI is InChI=1S/C30H44ClF3N8O2/c1-9-10-21(14-27(19(2)31)42(36)18-25(35)24-16-37-41(7)20(24)3)29(43)38-26-15-23(30(32,33)34)13-22(28(26)44-8)17-40(6)12-11-39(4)5/h10,13-16,18-19H,9,11-12,17,35-36H2,1-8H3,(H,38,43)/b21-10+,25-18-,27-14+. The number of methoxy groups -OCH3 is 1.